The largest absolute Gasteiger partial charge is 0.398 e. The van der Waals surface area contributed by atoms with Crippen LogP contribution in [0.25, 0.3) is 5.70 Å². The zero-order valence-electron chi connectivity index (χ0n) is 10.8. The molecule has 3 heteroatoms. The van der Waals surface area contributed by atoms with Gasteiger partial charge in [-0.15, -0.1) is 0 Å². The van der Waals surface area contributed by atoms with Crippen molar-refractivity contribution in [2.45, 2.75) is 27.2 Å². The van der Waals surface area contributed by atoms with Crippen LogP contribution in [-0.2, 0) is 0 Å². The third-order valence-corrected chi connectivity index (χ3v) is 2.94. The Labute approximate surface area is 102 Å². The van der Waals surface area contributed by atoms with Crippen LogP contribution in [0.5, 0.6) is 0 Å². The molecule has 2 N–H and O–H groups in total. The van der Waals surface area contributed by atoms with Crippen molar-refractivity contribution in [1.82, 2.24) is 0 Å². The summed E-state index contributed by atoms with van der Waals surface area (Å²) in [6.45, 7) is 5.92. The van der Waals surface area contributed by atoms with Crippen molar-refractivity contribution < 1.29 is 4.39 Å². The minimum atomic E-state index is -0.483. The number of halogens is 1. The molecular formula is C14H19FN2. The van der Waals surface area contributed by atoms with Crippen molar-refractivity contribution in [1.29, 1.82) is 0 Å². The molecule has 0 saturated carbocycles. The fourth-order valence-electron chi connectivity index (χ4n) is 1.67. The van der Waals surface area contributed by atoms with E-state index >= 15 is 0 Å². The van der Waals surface area contributed by atoms with Crippen molar-refractivity contribution in [2.24, 2.45) is 10.7 Å². The SMILES string of the molecule is CCC(C(F)=NC)=C(N)c1ccc(C)c(C)c1. The molecule has 0 bridgehead atoms. The number of rotatable bonds is 3. The number of hydrogen-bond donors (Lipinski definition) is 1. The predicted molar refractivity (Wildman–Crippen MR) is 71.8 cm³/mol. The molecular weight excluding hydrogens is 215 g/mol. The van der Waals surface area contributed by atoms with Crippen LogP contribution in [0.1, 0.15) is 30.0 Å². The zero-order chi connectivity index (χ0) is 13.0. The van der Waals surface area contributed by atoms with E-state index in [0.29, 0.717) is 17.7 Å². The number of nitrogens with zero attached hydrogens (tertiary/aromatic N) is 1. The van der Waals surface area contributed by atoms with E-state index < -0.39 is 5.97 Å². The Bertz CT molecular complexity index is 473. The second-order valence-corrected chi connectivity index (χ2v) is 4.06. The molecule has 0 aromatic heterocycles. The van der Waals surface area contributed by atoms with Gasteiger partial charge in [-0.1, -0.05) is 19.1 Å². The van der Waals surface area contributed by atoms with Crippen molar-refractivity contribution in [3.05, 3.63) is 40.5 Å². The second kappa shape index (κ2) is 5.62. The molecule has 0 spiro atoms. The normalized spacial score (nSPS) is 13.6. The van der Waals surface area contributed by atoms with Crippen molar-refractivity contribution in [3.63, 3.8) is 0 Å². The lowest BCUT2D eigenvalue weighted by atomic mass is 10.0. The van der Waals surface area contributed by atoms with Gasteiger partial charge in [0.05, 0.1) is 0 Å². The van der Waals surface area contributed by atoms with Gasteiger partial charge < -0.3 is 5.73 Å². The molecule has 0 aliphatic carbocycles. The van der Waals surface area contributed by atoms with Gasteiger partial charge >= 0.3 is 0 Å². The molecule has 1 aromatic rings. The highest BCUT2D eigenvalue weighted by atomic mass is 19.1. The summed E-state index contributed by atoms with van der Waals surface area (Å²) in [5, 5.41) is 0. The van der Waals surface area contributed by atoms with E-state index in [2.05, 4.69) is 4.99 Å². The number of aryl methyl sites for hydroxylation is 2. The van der Waals surface area contributed by atoms with E-state index in [1.54, 1.807) is 0 Å². The first-order valence-electron chi connectivity index (χ1n) is 5.70. The van der Waals surface area contributed by atoms with E-state index in [1.807, 2.05) is 39.0 Å². The Balaban J connectivity index is 3.30. The predicted octanol–water partition coefficient (Wildman–Crippen LogP) is 3.38. The minimum absolute atomic E-state index is 0.468. The Morgan fingerprint density at radius 3 is 2.41 bits per heavy atom. The second-order valence-electron chi connectivity index (χ2n) is 4.06. The van der Waals surface area contributed by atoms with Gasteiger partial charge in [0.1, 0.15) is 0 Å². The first-order valence-corrected chi connectivity index (χ1v) is 5.70. The van der Waals surface area contributed by atoms with Gasteiger partial charge in [0.15, 0.2) is 0 Å². The summed E-state index contributed by atoms with van der Waals surface area (Å²) in [7, 11) is 1.43. The number of aliphatic imine (C=N–C) groups is 1. The molecule has 1 aromatic carbocycles. The lowest BCUT2D eigenvalue weighted by Gasteiger charge is -2.10. The summed E-state index contributed by atoms with van der Waals surface area (Å²) in [5.41, 5.74) is 10.1. The monoisotopic (exact) mass is 234 g/mol. The zero-order valence-corrected chi connectivity index (χ0v) is 10.8. The number of benzene rings is 1. The van der Waals surface area contributed by atoms with Crippen LogP contribution in [-0.4, -0.2) is 13.0 Å². The highest BCUT2D eigenvalue weighted by molar-refractivity contribution is 5.99. The third-order valence-electron chi connectivity index (χ3n) is 2.94. The highest BCUT2D eigenvalue weighted by Crippen LogP contribution is 2.20. The number of nitrogens with two attached hydrogens (primary N) is 1. The fourth-order valence-corrected chi connectivity index (χ4v) is 1.67. The fraction of sp³-hybridized carbons (Fsp3) is 0.357. The van der Waals surface area contributed by atoms with Crippen molar-refractivity contribution in [2.75, 3.05) is 7.05 Å². The van der Waals surface area contributed by atoms with Gasteiger partial charge in [-0.2, -0.15) is 4.39 Å². The average Bonchev–Trinajstić information content (AvgIpc) is 2.33. The summed E-state index contributed by atoms with van der Waals surface area (Å²) < 4.78 is 13.5. The van der Waals surface area contributed by atoms with E-state index in [0.717, 1.165) is 11.1 Å². The maximum absolute atomic E-state index is 13.5. The maximum atomic E-state index is 13.5. The van der Waals surface area contributed by atoms with E-state index in [9.17, 15) is 4.39 Å². The molecule has 0 fully saturated rings. The van der Waals surface area contributed by atoms with Crippen molar-refractivity contribution in [3.8, 4) is 0 Å². The van der Waals surface area contributed by atoms with Crippen LogP contribution in [0.2, 0.25) is 0 Å². The third kappa shape index (κ3) is 2.93. The van der Waals surface area contributed by atoms with Gasteiger partial charge in [0.25, 0.3) is 0 Å². The van der Waals surface area contributed by atoms with E-state index in [1.165, 1.54) is 12.6 Å². The first-order chi connectivity index (χ1) is 8.01. The highest BCUT2D eigenvalue weighted by Gasteiger charge is 2.10. The summed E-state index contributed by atoms with van der Waals surface area (Å²) in [6.07, 6.45) is 0.530. The van der Waals surface area contributed by atoms with Crippen LogP contribution >= 0.6 is 0 Å². The molecule has 2 nitrogen and oxygen atoms in total. The van der Waals surface area contributed by atoms with Gasteiger partial charge in [-0.3, -0.25) is 4.99 Å². The molecule has 17 heavy (non-hydrogen) atoms. The Hall–Kier alpha value is -1.64. The average molecular weight is 234 g/mol. The molecule has 0 amide bonds. The Morgan fingerprint density at radius 1 is 1.29 bits per heavy atom. The Morgan fingerprint density at radius 2 is 1.94 bits per heavy atom. The molecule has 0 radical (unpaired) electrons. The van der Waals surface area contributed by atoms with Gasteiger partial charge in [-0.25, -0.2) is 0 Å². The maximum Gasteiger partial charge on any atom is 0.213 e. The molecule has 92 valence electrons. The summed E-state index contributed by atoms with van der Waals surface area (Å²) in [5.74, 6) is -0.483. The summed E-state index contributed by atoms with van der Waals surface area (Å²) in [4.78, 5) is 3.56. The molecule has 0 aliphatic rings. The Kier molecular flexibility index (Phi) is 4.44. The van der Waals surface area contributed by atoms with Crippen LogP contribution in [0, 0.1) is 13.8 Å². The number of allylic oxidation sites excluding steroid dienone is 1. The molecule has 0 unspecified atom stereocenters. The lowest BCUT2D eigenvalue weighted by Crippen LogP contribution is -2.07. The minimum Gasteiger partial charge on any atom is -0.398 e. The standard InChI is InChI=1S/C14H19FN2/c1-5-12(14(15)17-4)13(16)11-7-6-9(2)10(3)8-11/h6-8H,5,16H2,1-4H3. The van der Waals surface area contributed by atoms with Crippen LogP contribution in [0.4, 0.5) is 4.39 Å². The summed E-state index contributed by atoms with van der Waals surface area (Å²) in [6, 6.07) is 5.88. The molecule has 0 atom stereocenters. The van der Waals surface area contributed by atoms with Gasteiger partial charge in [-0.05, 0) is 43.0 Å². The van der Waals surface area contributed by atoms with E-state index in [-0.39, 0.29) is 0 Å². The van der Waals surface area contributed by atoms with Crippen LogP contribution < -0.4 is 5.73 Å². The molecule has 1 rings (SSSR count). The number of hydrogen-bond acceptors (Lipinski definition) is 2. The molecule has 0 saturated heterocycles. The lowest BCUT2D eigenvalue weighted by molar-refractivity contribution is 0.792. The van der Waals surface area contributed by atoms with Gasteiger partial charge in [0.2, 0.25) is 5.97 Å². The topological polar surface area (TPSA) is 38.4 Å². The van der Waals surface area contributed by atoms with Gasteiger partial charge in [0, 0.05) is 18.3 Å². The quantitative estimate of drug-likeness (QED) is 0.800. The summed E-state index contributed by atoms with van der Waals surface area (Å²) >= 11 is 0. The van der Waals surface area contributed by atoms with Crippen LogP contribution in [0.15, 0.2) is 28.8 Å². The molecule has 0 heterocycles. The molecule has 0 aliphatic heterocycles. The van der Waals surface area contributed by atoms with Crippen molar-refractivity contribution >= 4 is 11.7 Å². The smallest absolute Gasteiger partial charge is 0.213 e. The first kappa shape index (κ1) is 13.4. The van der Waals surface area contributed by atoms with E-state index in [4.69, 9.17) is 5.73 Å². The van der Waals surface area contributed by atoms with Crippen LogP contribution in [0.3, 0.4) is 0 Å².